The molecule has 1 N–H and O–H groups in total. The fourth-order valence-corrected chi connectivity index (χ4v) is 3.25. The molecule has 1 aliphatic rings. The van der Waals surface area contributed by atoms with Crippen LogP contribution >= 0.6 is 0 Å². The molecule has 1 aromatic rings. The molecule has 0 spiro atoms. The van der Waals surface area contributed by atoms with Crippen molar-refractivity contribution in [3.63, 3.8) is 0 Å². The van der Waals surface area contributed by atoms with Gasteiger partial charge in [-0.2, -0.15) is 0 Å². The fraction of sp³-hybridized carbons (Fsp3) is 0.556. The molecule has 5 nitrogen and oxygen atoms in total. The molecular weight excluding hydrogens is 362 g/mol. The van der Waals surface area contributed by atoms with Gasteiger partial charge in [0.05, 0.1) is 5.71 Å². The van der Waals surface area contributed by atoms with Gasteiger partial charge >= 0.3 is 6.09 Å². The van der Waals surface area contributed by atoms with Crippen molar-refractivity contribution < 1.29 is 23.2 Å². The topological polar surface area (TPSA) is 76.0 Å². The van der Waals surface area contributed by atoms with Crippen molar-refractivity contribution in [3.8, 4) is 0 Å². The largest absolute Gasteiger partial charge is 0.591 e. The molecule has 0 unspecified atom stereocenters. The molecule has 0 bridgehead atoms. The summed E-state index contributed by atoms with van der Waals surface area (Å²) in [6.45, 7) is 7.30. The Kier molecular flexibility index (Phi) is 5.97. The van der Waals surface area contributed by atoms with Gasteiger partial charge in [-0.15, -0.1) is 0 Å². The van der Waals surface area contributed by atoms with Crippen LogP contribution in [-0.4, -0.2) is 44.2 Å². The molecule has 144 valence electrons. The van der Waals surface area contributed by atoms with Crippen LogP contribution in [0.4, 0.5) is 13.6 Å². The van der Waals surface area contributed by atoms with Gasteiger partial charge in [-0.3, -0.25) is 0 Å². The zero-order chi connectivity index (χ0) is 19.7. The Hall–Kier alpha value is -1.67. The van der Waals surface area contributed by atoms with Gasteiger partial charge in [0.2, 0.25) is 0 Å². The predicted octanol–water partition coefficient (Wildman–Crippen LogP) is 4.05. The van der Waals surface area contributed by atoms with Crippen molar-refractivity contribution in [2.45, 2.75) is 44.8 Å². The van der Waals surface area contributed by atoms with Crippen LogP contribution in [0.1, 0.15) is 45.2 Å². The lowest BCUT2D eigenvalue weighted by molar-refractivity contribution is -0.0527. The Bertz CT molecular complexity index is 698. The van der Waals surface area contributed by atoms with Gasteiger partial charge in [0.25, 0.3) is 5.92 Å². The molecule has 1 aromatic carbocycles. The molecule has 8 heteroatoms. The number of hydrogen-bond acceptors (Lipinski definition) is 3. The number of likely N-dealkylation sites (tertiary alicyclic amines) is 1. The molecular formula is C18H24F2N2O3S. The average Bonchev–Trinajstić information content (AvgIpc) is 2.49. The Morgan fingerprint density at radius 1 is 1.38 bits per heavy atom. The normalized spacial score (nSPS) is 17.8. The van der Waals surface area contributed by atoms with Crippen LogP contribution in [-0.2, 0) is 17.3 Å². The SMILES string of the molecule is C/C(=N/[S@@+]([O-])C(C)(C)C)c1cccc(C(F)(F)CC2CN(C(=O)O)C2)c1. The van der Waals surface area contributed by atoms with Gasteiger partial charge < -0.3 is 14.6 Å². The van der Waals surface area contributed by atoms with E-state index < -0.39 is 34.5 Å². The Morgan fingerprint density at radius 3 is 2.54 bits per heavy atom. The number of halogens is 2. The molecule has 0 radical (unpaired) electrons. The summed E-state index contributed by atoms with van der Waals surface area (Å²) in [5.74, 6) is -3.41. The van der Waals surface area contributed by atoms with E-state index >= 15 is 0 Å². The molecule has 2 rings (SSSR count). The first-order valence-electron chi connectivity index (χ1n) is 8.34. The quantitative estimate of drug-likeness (QED) is 0.613. The highest BCUT2D eigenvalue weighted by molar-refractivity contribution is 7.91. The maximum Gasteiger partial charge on any atom is 0.407 e. The van der Waals surface area contributed by atoms with Crippen LogP contribution in [0.3, 0.4) is 0 Å². The lowest BCUT2D eigenvalue weighted by Gasteiger charge is -2.38. The molecule has 1 saturated heterocycles. The van der Waals surface area contributed by atoms with E-state index in [1.807, 2.05) is 0 Å². The van der Waals surface area contributed by atoms with Gasteiger partial charge in [-0.1, -0.05) is 22.6 Å². The van der Waals surface area contributed by atoms with Crippen LogP contribution in [0.2, 0.25) is 0 Å². The minimum Gasteiger partial charge on any atom is -0.591 e. The minimum atomic E-state index is -3.06. The number of carboxylic acid groups (broad SMARTS) is 1. The van der Waals surface area contributed by atoms with Crippen molar-refractivity contribution in [1.82, 2.24) is 4.90 Å². The van der Waals surface area contributed by atoms with E-state index in [0.717, 1.165) is 4.90 Å². The van der Waals surface area contributed by atoms with Crippen LogP contribution in [0.25, 0.3) is 0 Å². The second-order valence-corrected chi connectivity index (χ2v) is 9.49. The van der Waals surface area contributed by atoms with E-state index in [2.05, 4.69) is 4.40 Å². The lowest BCUT2D eigenvalue weighted by atomic mass is 9.89. The van der Waals surface area contributed by atoms with Gasteiger partial charge in [-0.25, -0.2) is 13.6 Å². The number of carbonyl (C=O) groups is 1. The summed E-state index contributed by atoms with van der Waals surface area (Å²) >= 11 is -1.47. The average molecular weight is 386 g/mol. The van der Waals surface area contributed by atoms with E-state index in [4.69, 9.17) is 5.11 Å². The minimum absolute atomic E-state index is 0.135. The summed E-state index contributed by atoms with van der Waals surface area (Å²) in [6.07, 6.45) is -1.48. The monoisotopic (exact) mass is 386 g/mol. The summed E-state index contributed by atoms with van der Waals surface area (Å²) in [7, 11) is 0. The Balaban J connectivity index is 2.12. The molecule has 1 heterocycles. The number of nitrogens with zero attached hydrogens (tertiary/aromatic N) is 2. The van der Waals surface area contributed by atoms with Crippen LogP contribution in [0.5, 0.6) is 0 Å². The van der Waals surface area contributed by atoms with Crippen molar-refractivity contribution in [2.75, 3.05) is 13.1 Å². The fourth-order valence-electron chi connectivity index (χ4n) is 2.62. The zero-order valence-electron chi connectivity index (χ0n) is 15.3. The third kappa shape index (κ3) is 4.94. The van der Waals surface area contributed by atoms with Gasteiger partial charge in [0.1, 0.15) is 16.1 Å². The highest BCUT2D eigenvalue weighted by atomic mass is 32.2. The Morgan fingerprint density at radius 2 is 2.00 bits per heavy atom. The molecule has 1 aliphatic heterocycles. The summed E-state index contributed by atoms with van der Waals surface area (Å²) in [5, 5.41) is 8.79. The van der Waals surface area contributed by atoms with Crippen molar-refractivity contribution in [1.29, 1.82) is 0 Å². The number of amides is 1. The number of hydrogen-bond donors (Lipinski definition) is 1. The molecule has 0 saturated carbocycles. The number of benzene rings is 1. The van der Waals surface area contributed by atoms with E-state index in [1.54, 1.807) is 33.8 Å². The van der Waals surface area contributed by atoms with E-state index in [0.29, 0.717) is 11.3 Å². The molecule has 26 heavy (non-hydrogen) atoms. The zero-order valence-corrected chi connectivity index (χ0v) is 16.1. The first kappa shape index (κ1) is 20.6. The second kappa shape index (κ2) is 7.52. The third-order valence-electron chi connectivity index (χ3n) is 4.22. The smallest absolute Gasteiger partial charge is 0.407 e. The molecule has 0 aliphatic carbocycles. The number of alkyl halides is 2. The van der Waals surface area contributed by atoms with E-state index in [-0.39, 0.29) is 24.6 Å². The number of rotatable bonds is 5. The van der Waals surface area contributed by atoms with E-state index in [9.17, 15) is 18.1 Å². The highest BCUT2D eigenvalue weighted by Crippen LogP contribution is 2.38. The van der Waals surface area contributed by atoms with Gasteiger partial charge in [0.15, 0.2) is 0 Å². The first-order valence-corrected chi connectivity index (χ1v) is 9.45. The summed E-state index contributed by atoms with van der Waals surface area (Å²) in [5.41, 5.74) is 0.803. The van der Waals surface area contributed by atoms with Crippen molar-refractivity contribution in [2.24, 2.45) is 10.3 Å². The van der Waals surface area contributed by atoms with Crippen molar-refractivity contribution in [3.05, 3.63) is 35.4 Å². The van der Waals surface area contributed by atoms with Crippen molar-refractivity contribution >= 4 is 23.2 Å². The third-order valence-corrected chi connectivity index (χ3v) is 5.71. The van der Waals surface area contributed by atoms with Crippen LogP contribution < -0.4 is 0 Å². The lowest BCUT2D eigenvalue weighted by Crippen LogP contribution is -2.50. The standard InChI is InChI=1S/C18H24F2N2O3S/c1-12(21-26(25)17(2,3)4)14-6-5-7-15(8-14)18(19,20)9-13-10-22(11-13)16(23)24/h5-8,13H,9-11H2,1-4H3,(H,23,24)/b21-12-/t26-/m0/s1. The molecule has 1 atom stereocenters. The van der Waals surface area contributed by atoms with Gasteiger partial charge in [-0.05, 0) is 33.8 Å². The molecule has 0 aromatic heterocycles. The van der Waals surface area contributed by atoms with E-state index in [1.165, 1.54) is 18.2 Å². The maximum absolute atomic E-state index is 14.6. The molecule has 1 amide bonds. The predicted molar refractivity (Wildman–Crippen MR) is 98.1 cm³/mol. The van der Waals surface area contributed by atoms with Crippen LogP contribution in [0, 0.1) is 5.92 Å². The summed E-state index contributed by atoms with van der Waals surface area (Å²) < 4.78 is 44.9. The maximum atomic E-state index is 14.6. The Labute approximate surface area is 155 Å². The second-order valence-electron chi connectivity index (χ2n) is 7.58. The van der Waals surface area contributed by atoms with Crippen LogP contribution in [0.15, 0.2) is 28.7 Å². The highest BCUT2D eigenvalue weighted by Gasteiger charge is 2.41. The summed E-state index contributed by atoms with van der Waals surface area (Å²) in [6, 6.07) is 5.91. The summed E-state index contributed by atoms with van der Waals surface area (Å²) in [4.78, 5) is 11.9. The van der Waals surface area contributed by atoms with Gasteiger partial charge in [0, 0.05) is 36.6 Å². The first-order chi connectivity index (χ1) is 11.9. The molecule has 1 fully saturated rings.